The third-order valence-electron chi connectivity index (χ3n) is 3.90. The molecule has 0 saturated heterocycles. The van der Waals surface area contributed by atoms with E-state index in [1.807, 2.05) is 0 Å². The maximum absolute atomic E-state index is 12.1. The number of nitrogens with one attached hydrogen (secondary N) is 1. The number of hydrogen-bond acceptors (Lipinski definition) is 3. The van der Waals surface area contributed by atoms with Crippen LogP contribution in [0, 0.1) is 0 Å². The minimum Gasteiger partial charge on any atom is -0.486 e. The zero-order valence-electron chi connectivity index (χ0n) is 15.0. The number of carbonyl (C=O) groups excluding carboxylic acids is 2. The van der Waals surface area contributed by atoms with Crippen molar-refractivity contribution in [3.05, 3.63) is 59.7 Å². The number of aryl methyl sites for hydroxylation is 1. The van der Waals surface area contributed by atoms with Crippen LogP contribution in [-0.4, -0.2) is 18.8 Å². The van der Waals surface area contributed by atoms with E-state index in [1.54, 1.807) is 24.3 Å². The summed E-state index contributed by atoms with van der Waals surface area (Å²) >= 11 is 0. The van der Waals surface area contributed by atoms with Crippen LogP contribution in [-0.2, 0) is 21.4 Å². The van der Waals surface area contributed by atoms with E-state index < -0.39 is 0 Å². The van der Waals surface area contributed by atoms with Gasteiger partial charge in [-0.05, 0) is 35.1 Å². The van der Waals surface area contributed by atoms with Crippen LogP contribution in [0.5, 0.6) is 5.75 Å². The molecule has 1 N–H and O–H groups in total. The molecule has 0 saturated carbocycles. The Hall–Kier alpha value is -2.62. The number of hydrogen-bond donors (Lipinski definition) is 1. The summed E-state index contributed by atoms with van der Waals surface area (Å²) in [6.45, 7) is 6.55. The van der Waals surface area contributed by atoms with Gasteiger partial charge < -0.3 is 10.1 Å². The van der Waals surface area contributed by atoms with E-state index in [-0.39, 0.29) is 17.9 Å². The molecule has 0 heterocycles. The predicted octanol–water partition coefficient (Wildman–Crippen LogP) is 4.13. The van der Waals surface area contributed by atoms with Gasteiger partial charge >= 0.3 is 0 Å². The summed E-state index contributed by atoms with van der Waals surface area (Å²) in [7, 11) is 0. The van der Waals surface area contributed by atoms with Gasteiger partial charge in [0, 0.05) is 18.2 Å². The maximum Gasteiger partial charge on any atom is 0.224 e. The molecule has 4 nitrogen and oxygen atoms in total. The van der Waals surface area contributed by atoms with Crippen LogP contribution in [0.4, 0.5) is 5.69 Å². The summed E-state index contributed by atoms with van der Waals surface area (Å²) in [5, 5.41) is 2.86. The van der Waals surface area contributed by atoms with Gasteiger partial charge in [0.25, 0.3) is 0 Å². The lowest BCUT2D eigenvalue weighted by Gasteiger charge is -2.19. The van der Waals surface area contributed by atoms with Gasteiger partial charge in [-0.1, -0.05) is 51.1 Å². The van der Waals surface area contributed by atoms with Gasteiger partial charge in [-0.3, -0.25) is 9.59 Å². The lowest BCUT2D eigenvalue weighted by atomic mass is 9.86. The van der Waals surface area contributed by atoms with Crippen molar-refractivity contribution in [2.24, 2.45) is 0 Å². The van der Waals surface area contributed by atoms with Crippen LogP contribution < -0.4 is 10.1 Å². The molecule has 2 rings (SSSR count). The Kier molecular flexibility index (Phi) is 6.34. The molecule has 0 aliphatic carbocycles. The first-order valence-electron chi connectivity index (χ1n) is 8.44. The van der Waals surface area contributed by atoms with Crippen molar-refractivity contribution in [3.63, 3.8) is 0 Å². The van der Waals surface area contributed by atoms with Gasteiger partial charge in [0.2, 0.25) is 5.91 Å². The molecule has 2 aromatic carbocycles. The standard InChI is InChI=1S/C21H25NO3/c1-21(2,3)17-10-7-16(8-11-17)9-12-20(24)22-18-5-4-6-19(15-18)25-14-13-23/h4-8,10-11,13,15H,9,12,14H2,1-3H3,(H,22,24). The van der Waals surface area contributed by atoms with Gasteiger partial charge in [0.05, 0.1) is 0 Å². The summed E-state index contributed by atoms with van der Waals surface area (Å²) in [6.07, 6.45) is 1.79. The van der Waals surface area contributed by atoms with Crippen LogP contribution >= 0.6 is 0 Å². The van der Waals surface area contributed by atoms with Gasteiger partial charge in [0.1, 0.15) is 12.4 Å². The van der Waals surface area contributed by atoms with Crippen LogP contribution in [0.3, 0.4) is 0 Å². The maximum atomic E-state index is 12.1. The van der Waals surface area contributed by atoms with Crippen LogP contribution in [0.15, 0.2) is 48.5 Å². The van der Waals surface area contributed by atoms with Gasteiger partial charge in [0.15, 0.2) is 6.29 Å². The summed E-state index contributed by atoms with van der Waals surface area (Å²) in [5.74, 6) is 0.509. The Bertz CT molecular complexity index is 715. The van der Waals surface area contributed by atoms with Crippen molar-refractivity contribution in [2.45, 2.75) is 39.0 Å². The van der Waals surface area contributed by atoms with E-state index in [4.69, 9.17) is 4.74 Å². The smallest absolute Gasteiger partial charge is 0.224 e. The number of aldehydes is 1. The third kappa shape index (κ3) is 6.07. The molecule has 0 unspecified atom stereocenters. The van der Waals surface area contributed by atoms with E-state index in [0.29, 0.717) is 30.6 Å². The second kappa shape index (κ2) is 8.47. The lowest BCUT2D eigenvalue weighted by Crippen LogP contribution is -2.13. The van der Waals surface area contributed by atoms with Crippen molar-refractivity contribution < 1.29 is 14.3 Å². The van der Waals surface area contributed by atoms with Crippen molar-refractivity contribution >= 4 is 17.9 Å². The fourth-order valence-corrected chi connectivity index (χ4v) is 2.45. The van der Waals surface area contributed by atoms with E-state index in [1.165, 1.54) is 5.56 Å². The van der Waals surface area contributed by atoms with E-state index in [9.17, 15) is 9.59 Å². The third-order valence-corrected chi connectivity index (χ3v) is 3.90. The van der Waals surface area contributed by atoms with E-state index in [0.717, 1.165) is 5.56 Å². The summed E-state index contributed by atoms with van der Waals surface area (Å²) in [6, 6.07) is 15.5. The molecule has 25 heavy (non-hydrogen) atoms. The predicted molar refractivity (Wildman–Crippen MR) is 100 cm³/mol. The normalized spacial score (nSPS) is 11.0. The molecule has 2 aromatic rings. The number of benzene rings is 2. The zero-order chi connectivity index (χ0) is 18.3. The first-order valence-corrected chi connectivity index (χ1v) is 8.44. The fraction of sp³-hybridized carbons (Fsp3) is 0.333. The molecule has 0 fully saturated rings. The first kappa shape index (κ1) is 18.7. The molecular formula is C21H25NO3. The highest BCUT2D eigenvalue weighted by Gasteiger charge is 2.13. The number of anilines is 1. The average molecular weight is 339 g/mol. The first-order chi connectivity index (χ1) is 11.9. The Balaban J connectivity index is 1.87. The van der Waals surface area contributed by atoms with E-state index >= 15 is 0 Å². The highest BCUT2D eigenvalue weighted by molar-refractivity contribution is 5.91. The quantitative estimate of drug-likeness (QED) is 0.772. The van der Waals surface area contributed by atoms with Crippen molar-refractivity contribution in [1.29, 1.82) is 0 Å². The second-order valence-electron chi connectivity index (χ2n) is 7.00. The van der Waals surface area contributed by atoms with Crippen LogP contribution in [0.2, 0.25) is 0 Å². The summed E-state index contributed by atoms with van der Waals surface area (Å²) < 4.78 is 5.23. The van der Waals surface area contributed by atoms with Gasteiger partial charge in [-0.2, -0.15) is 0 Å². The Labute approximate surface area is 149 Å². The molecule has 0 aliphatic rings. The Morgan fingerprint density at radius 1 is 1.12 bits per heavy atom. The SMILES string of the molecule is CC(C)(C)c1ccc(CCC(=O)Nc2cccc(OCC=O)c2)cc1. The monoisotopic (exact) mass is 339 g/mol. The molecule has 0 aliphatic heterocycles. The minimum atomic E-state index is -0.0487. The summed E-state index contributed by atoms with van der Waals surface area (Å²) in [4.78, 5) is 22.5. The fourth-order valence-electron chi connectivity index (χ4n) is 2.45. The van der Waals surface area contributed by atoms with E-state index in [2.05, 4.69) is 50.4 Å². The molecule has 0 aromatic heterocycles. The molecule has 0 spiro atoms. The minimum absolute atomic E-state index is 0.00195. The van der Waals surface area contributed by atoms with Crippen molar-refractivity contribution in [1.82, 2.24) is 0 Å². The number of amides is 1. The molecule has 1 amide bonds. The van der Waals surface area contributed by atoms with Gasteiger partial charge in [-0.15, -0.1) is 0 Å². The topological polar surface area (TPSA) is 55.4 Å². The number of carbonyl (C=O) groups is 2. The summed E-state index contributed by atoms with van der Waals surface area (Å²) in [5.41, 5.74) is 3.22. The Morgan fingerprint density at radius 2 is 1.84 bits per heavy atom. The Morgan fingerprint density at radius 3 is 2.48 bits per heavy atom. The molecule has 4 heteroatoms. The van der Waals surface area contributed by atoms with Crippen molar-refractivity contribution in [2.75, 3.05) is 11.9 Å². The zero-order valence-corrected chi connectivity index (χ0v) is 15.0. The number of rotatable bonds is 7. The molecule has 0 bridgehead atoms. The second-order valence-corrected chi connectivity index (χ2v) is 7.00. The molecule has 0 radical (unpaired) electrons. The van der Waals surface area contributed by atoms with Gasteiger partial charge in [-0.25, -0.2) is 0 Å². The van der Waals surface area contributed by atoms with Crippen LogP contribution in [0.25, 0.3) is 0 Å². The van der Waals surface area contributed by atoms with Crippen molar-refractivity contribution in [3.8, 4) is 5.75 Å². The van der Waals surface area contributed by atoms with Crippen LogP contribution in [0.1, 0.15) is 38.3 Å². The number of ether oxygens (including phenoxy) is 1. The molecule has 132 valence electrons. The lowest BCUT2D eigenvalue weighted by molar-refractivity contribution is -0.116. The highest BCUT2D eigenvalue weighted by atomic mass is 16.5. The molecule has 0 atom stereocenters. The highest BCUT2D eigenvalue weighted by Crippen LogP contribution is 2.22. The largest absolute Gasteiger partial charge is 0.486 e. The molecular weight excluding hydrogens is 314 g/mol. The average Bonchev–Trinajstić information content (AvgIpc) is 2.58.